The standard InChI is InChI=1S/C12H24N2O3/c1-4-13-7-9(2)11(15)14-8-12(16)5-6-17-10(12)3/h9-10,13,16H,4-8H2,1-3H3,(H,14,15). The maximum atomic E-state index is 11.8. The fourth-order valence-electron chi connectivity index (χ4n) is 1.87. The lowest BCUT2D eigenvalue weighted by Gasteiger charge is -2.26. The number of ether oxygens (including phenoxy) is 1. The van der Waals surface area contributed by atoms with Gasteiger partial charge in [0.05, 0.1) is 6.10 Å². The van der Waals surface area contributed by atoms with Gasteiger partial charge in [-0.3, -0.25) is 4.79 Å². The molecular weight excluding hydrogens is 220 g/mol. The largest absolute Gasteiger partial charge is 0.385 e. The van der Waals surface area contributed by atoms with Crippen LogP contribution in [0.4, 0.5) is 0 Å². The summed E-state index contributed by atoms with van der Waals surface area (Å²) in [6.07, 6.45) is 0.364. The third-order valence-corrected chi connectivity index (χ3v) is 3.38. The molecule has 0 saturated carbocycles. The van der Waals surface area contributed by atoms with Gasteiger partial charge in [-0.2, -0.15) is 0 Å². The molecule has 0 aromatic carbocycles. The molecular formula is C12H24N2O3. The van der Waals surface area contributed by atoms with E-state index in [4.69, 9.17) is 4.74 Å². The Kier molecular flexibility index (Phi) is 5.36. The molecule has 3 unspecified atom stereocenters. The highest BCUT2D eigenvalue weighted by Crippen LogP contribution is 2.24. The maximum absolute atomic E-state index is 11.8. The first kappa shape index (κ1) is 14.4. The van der Waals surface area contributed by atoms with Gasteiger partial charge in [0.15, 0.2) is 0 Å². The molecule has 5 heteroatoms. The van der Waals surface area contributed by atoms with Crippen molar-refractivity contribution < 1.29 is 14.6 Å². The second-order valence-electron chi connectivity index (χ2n) is 4.79. The van der Waals surface area contributed by atoms with E-state index in [0.717, 1.165) is 6.54 Å². The fraction of sp³-hybridized carbons (Fsp3) is 0.917. The van der Waals surface area contributed by atoms with Crippen molar-refractivity contribution in [2.24, 2.45) is 5.92 Å². The van der Waals surface area contributed by atoms with Crippen LogP contribution in [0.15, 0.2) is 0 Å². The Morgan fingerprint density at radius 3 is 2.88 bits per heavy atom. The molecule has 0 radical (unpaired) electrons. The Bertz CT molecular complexity index is 260. The van der Waals surface area contributed by atoms with Crippen LogP contribution in [0, 0.1) is 5.92 Å². The summed E-state index contributed by atoms with van der Waals surface area (Å²) in [7, 11) is 0. The van der Waals surface area contributed by atoms with Gasteiger partial charge in [-0.1, -0.05) is 13.8 Å². The Balaban J connectivity index is 2.32. The fourth-order valence-corrected chi connectivity index (χ4v) is 1.87. The Morgan fingerprint density at radius 1 is 1.65 bits per heavy atom. The molecule has 1 amide bonds. The zero-order valence-electron chi connectivity index (χ0n) is 11.0. The highest BCUT2D eigenvalue weighted by atomic mass is 16.5. The third-order valence-electron chi connectivity index (χ3n) is 3.38. The van der Waals surface area contributed by atoms with Gasteiger partial charge in [-0.25, -0.2) is 0 Å². The minimum atomic E-state index is -0.909. The molecule has 3 atom stereocenters. The summed E-state index contributed by atoms with van der Waals surface area (Å²) in [5, 5.41) is 16.1. The number of hydrogen-bond acceptors (Lipinski definition) is 4. The van der Waals surface area contributed by atoms with Crippen LogP contribution in [0.1, 0.15) is 27.2 Å². The highest BCUT2D eigenvalue weighted by Gasteiger charge is 2.39. The van der Waals surface area contributed by atoms with Crippen LogP contribution < -0.4 is 10.6 Å². The van der Waals surface area contributed by atoms with E-state index in [-0.39, 0.29) is 24.5 Å². The van der Waals surface area contributed by atoms with Crippen LogP contribution >= 0.6 is 0 Å². The molecule has 3 N–H and O–H groups in total. The molecule has 0 bridgehead atoms. The van der Waals surface area contributed by atoms with Crippen molar-refractivity contribution in [3.05, 3.63) is 0 Å². The zero-order valence-corrected chi connectivity index (χ0v) is 11.0. The first-order chi connectivity index (χ1) is 7.99. The number of aliphatic hydroxyl groups is 1. The van der Waals surface area contributed by atoms with Crippen LogP contribution in [0.2, 0.25) is 0 Å². The van der Waals surface area contributed by atoms with Crippen molar-refractivity contribution in [3.63, 3.8) is 0 Å². The summed E-state index contributed by atoms with van der Waals surface area (Å²) in [5.74, 6) is -0.116. The summed E-state index contributed by atoms with van der Waals surface area (Å²) in [6, 6.07) is 0. The van der Waals surface area contributed by atoms with Crippen molar-refractivity contribution in [2.45, 2.75) is 38.9 Å². The minimum absolute atomic E-state index is 0.0292. The zero-order chi connectivity index (χ0) is 12.9. The lowest BCUT2D eigenvalue weighted by Crippen LogP contribution is -2.49. The minimum Gasteiger partial charge on any atom is -0.385 e. The van der Waals surface area contributed by atoms with Gasteiger partial charge in [0.25, 0.3) is 0 Å². The molecule has 1 aliphatic heterocycles. The second-order valence-corrected chi connectivity index (χ2v) is 4.79. The van der Waals surface area contributed by atoms with Crippen LogP contribution in [-0.4, -0.2) is 49.0 Å². The van der Waals surface area contributed by atoms with Gasteiger partial charge < -0.3 is 20.5 Å². The SMILES string of the molecule is CCNCC(C)C(=O)NCC1(O)CCOC1C. The predicted molar refractivity (Wildman–Crippen MR) is 65.7 cm³/mol. The van der Waals surface area contributed by atoms with Crippen molar-refractivity contribution in [3.8, 4) is 0 Å². The van der Waals surface area contributed by atoms with E-state index in [1.165, 1.54) is 0 Å². The van der Waals surface area contributed by atoms with Gasteiger partial charge in [-0.05, 0) is 13.5 Å². The van der Waals surface area contributed by atoms with Gasteiger partial charge in [0.1, 0.15) is 5.60 Å². The van der Waals surface area contributed by atoms with E-state index >= 15 is 0 Å². The molecule has 0 aromatic rings. The van der Waals surface area contributed by atoms with Crippen molar-refractivity contribution in [1.29, 1.82) is 0 Å². The maximum Gasteiger partial charge on any atom is 0.224 e. The lowest BCUT2D eigenvalue weighted by molar-refractivity contribution is -0.126. The van der Waals surface area contributed by atoms with Crippen molar-refractivity contribution in [2.75, 3.05) is 26.2 Å². The summed E-state index contributed by atoms with van der Waals surface area (Å²) in [6.45, 7) is 8.05. The topological polar surface area (TPSA) is 70.6 Å². The number of amides is 1. The number of hydrogen-bond donors (Lipinski definition) is 3. The number of nitrogens with one attached hydrogen (secondary N) is 2. The summed E-state index contributed by atoms with van der Waals surface area (Å²) in [4.78, 5) is 11.8. The van der Waals surface area contributed by atoms with E-state index < -0.39 is 5.60 Å². The first-order valence-corrected chi connectivity index (χ1v) is 6.32. The quantitative estimate of drug-likeness (QED) is 0.609. The Morgan fingerprint density at radius 2 is 2.35 bits per heavy atom. The molecule has 0 spiro atoms. The molecule has 17 heavy (non-hydrogen) atoms. The molecule has 1 saturated heterocycles. The van der Waals surface area contributed by atoms with E-state index in [1.807, 2.05) is 20.8 Å². The number of carbonyl (C=O) groups excluding carboxylic acids is 1. The number of carbonyl (C=O) groups is 1. The molecule has 1 aliphatic rings. The smallest absolute Gasteiger partial charge is 0.224 e. The van der Waals surface area contributed by atoms with E-state index in [9.17, 15) is 9.90 Å². The first-order valence-electron chi connectivity index (χ1n) is 6.32. The Hall–Kier alpha value is -0.650. The monoisotopic (exact) mass is 244 g/mol. The summed E-state index contributed by atoms with van der Waals surface area (Å²) in [5.41, 5.74) is -0.909. The molecule has 1 heterocycles. The van der Waals surface area contributed by atoms with E-state index in [2.05, 4.69) is 10.6 Å². The highest BCUT2D eigenvalue weighted by molar-refractivity contribution is 5.78. The predicted octanol–water partition coefficient (Wildman–Crippen LogP) is -0.112. The van der Waals surface area contributed by atoms with Gasteiger partial charge in [0, 0.05) is 32.0 Å². The summed E-state index contributed by atoms with van der Waals surface area (Å²) < 4.78 is 5.31. The third kappa shape index (κ3) is 3.94. The van der Waals surface area contributed by atoms with Crippen molar-refractivity contribution >= 4 is 5.91 Å². The van der Waals surface area contributed by atoms with Crippen LogP contribution in [0.25, 0.3) is 0 Å². The molecule has 1 fully saturated rings. The van der Waals surface area contributed by atoms with Gasteiger partial charge >= 0.3 is 0 Å². The number of rotatable bonds is 6. The van der Waals surface area contributed by atoms with E-state index in [1.54, 1.807) is 0 Å². The average molecular weight is 244 g/mol. The molecule has 5 nitrogen and oxygen atoms in total. The molecule has 0 aliphatic carbocycles. The molecule has 0 aromatic heterocycles. The van der Waals surface area contributed by atoms with Gasteiger partial charge in [0.2, 0.25) is 5.91 Å². The van der Waals surface area contributed by atoms with E-state index in [0.29, 0.717) is 19.6 Å². The van der Waals surface area contributed by atoms with Gasteiger partial charge in [-0.15, -0.1) is 0 Å². The molecule has 1 rings (SSSR count). The average Bonchev–Trinajstić information content (AvgIpc) is 2.64. The lowest BCUT2D eigenvalue weighted by atomic mass is 9.96. The van der Waals surface area contributed by atoms with Crippen LogP contribution in [-0.2, 0) is 9.53 Å². The van der Waals surface area contributed by atoms with Crippen LogP contribution in [0.3, 0.4) is 0 Å². The molecule has 100 valence electrons. The normalized spacial score (nSPS) is 30.2. The Labute approximate surface area is 103 Å². The summed E-state index contributed by atoms with van der Waals surface area (Å²) >= 11 is 0. The van der Waals surface area contributed by atoms with Crippen molar-refractivity contribution in [1.82, 2.24) is 10.6 Å². The second kappa shape index (κ2) is 6.33. The van der Waals surface area contributed by atoms with Crippen LogP contribution in [0.5, 0.6) is 0 Å².